The van der Waals surface area contributed by atoms with Crippen LogP contribution in [0.2, 0.25) is 5.02 Å². The lowest BCUT2D eigenvalue weighted by Crippen LogP contribution is -2.53. The number of aliphatic hydroxyl groups excluding tert-OH is 2. The van der Waals surface area contributed by atoms with Crippen LogP contribution >= 0.6 is 11.6 Å². The minimum Gasteiger partial charge on any atom is -0.394 e. The van der Waals surface area contributed by atoms with E-state index in [1.54, 1.807) is 25.1 Å². The standard InChI is InChI=1S/C13H18ClNO3/c1-3-13(7-16,8-17)15-12(18)10-5-4-9(2)6-11(10)14/h4-6,16-17H,3,7-8H2,1-2H3,(H,15,18). The molecule has 1 aromatic rings. The molecule has 100 valence electrons. The minimum atomic E-state index is -1.01. The number of nitrogens with one attached hydrogen (secondary N) is 1. The van der Waals surface area contributed by atoms with Crippen LogP contribution in [0.3, 0.4) is 0 Å². The zero-order valence-electron chi connectivity index (χ0n) is 10.5. The molecule has 0 radical (unpaired) electrons. The molecule has 3 N–H and O–H groups in total. The molecule has 0 bridgehead atoms. The van der Waals surface area contributed by atoms with Gasteiger partial charge in [-0.25, -0.2) is 0 Å². The Morgan fingerprint density at radius 1 is 1.39 bits per heavy atom. The highest BCUT2D eigenvalue weighted by atomic mass is 35.5. The predicted molar refractivity (Wildman–Crippen MR) is 70.8 cm³/mol. The van der Waals surface area contributed by atoms with Gasteiger partial charge in [0.1, 0.15) is 0 Å². The first-order valence-corrected chi connectivity index (χ1v) is 6.16. The van der Waals surface area contributed by atoms with Crippen LogP contribution in [-0.2, 0) is 0 Å². The van der Waals surface area contributed by atoms with Crippen molar-refractivity contribution >= 4 is 17.5 Å². The number of aliphatic hydroxyl groups is 2. The van der Waals surface area contributed by atoms with Gasteiger partial charge in [0.15, 0.2) is 0 Å². The number of carbonyl (C=O) groups is 1. The maximum Gasteiger partial charge on any atom is 0.253 e. The van der Waals surface area contributed by atoms with Crippen molar-refractivity contribution in [2.24, 2.45) is 0 Å². The lowest BCUT2D eigenvalue weighted by atomic mass is 9.97. The first-order valence-electron chi connectivity index (χ1n) is 5.78. The molecule has 0 saturated heterocycles. The Bertz CT molecular complexity index is 422. The molecule has 0 aliphatic rings. The number of aryl methyl sites for hydroxylation is 1. The van der Waals surface area contributed by atoms with Crippen LogP contribution in [-0.4, -0.2) is 34.9 Å². The van der Waals surface area contributed by atoms with Crippen molar-refractivity contribution in [1.29, 1.82) is 0 Å². The molecule has 0 unspecified atom stereocenters. The number of carbonyl (C=O) groups excluding carboxylic acids is 1. The third kappa shape index (κ3) is 3.22. The highest BCUT2D eigenvalue weighted by Gasteiger charge is 2.29. The molecule has 0 spiro atoms. The van der Waals surface area contributed by atoms with E-state index in [4.69, 9.17) is 11.6 Å². The third-order valence-electron chi connectivity index (χ3n) is 3.03. The molecular weight excluding hydrogens is 254 g/mol. The molecule has 0 aliphatic carbocycles. The maximum atomic E-state index is 12.1. The highest BCUT2D eigenvalue weighted by molar-refractivity contribution is 6.33. The van der Waals surface area contributed by atoms with E-state index in [-0.39, 0.29) is 13.2 Å². The van der Waals surface area contributed by atoms with E-state index >= 15 is 0 Å². The van der Waals surface area contributed by atoms with Gasteiger partial charge in [0, 0.05) is 0 Å². The van der Waals surface area contributed by atoms with Crippen molar-refractivity contribution in [2.75, 3.05) is 13.2 Å². The summed E-state index contributed by atoms with van der Waals surface area (Å²) in [5, 5.41) is 21.5. The summed E-state index contributed by atoms with van der Waals surface area (Å²) in [7, 11) is 0. The van der Waals surface area contributed by atoms with Crippen LogP contribution in [0.15, 0.2) is 18.2 Å². The van der Waals surface area contributed by atoms with Crippen LogP contribution < -0.4 is 5.32 Å². The van der Waals surface area contributed by atoms with E-state index in [0.717, 1.165) is 5.56 Å². The Balaban J connectivity index is 2.94. The monoisotopic (exact) mass is 271 g/mol. The van der Waals surface area contributed by atoms with E-state index in [2.05, 4.69) is 5.32 Å². The van der Waals surface area contributed by atoms with Gasteiger partial charge in [-0.05, 0) is 31.0 Å². The molecule has 1 amide bonds. The van der Waals surface area contributed by atoms with Crippen LogP contribution in [0.25, 0.3) is 0 Å². The summed E-state index contributed by atoms with van der Waals surface area (Å²) in [6.07, 6.45) is 0.426. The van der Waals surface area contributed by atoms with Crippen molar-refractivity contribution in [2.45, 2.75) is 25.8 Å². The second-order valence-electron chi connectivity index (χ2n) is 4.39. The van der Waals surface area contributed by atoms with Crippen molar-refractivity contribution < 1.29 is 15.0 Å². The topological polar surface area (TPSA) is 69.6 Å². The van der Waals surface area contributed by atoms with Gasteiger partial charge in [0.25, 0.3) is 5.91 Å². The molecule has 0 heterocycles. The smallest absolute Gasteiger partial charge is 0.253 e. The fourth-order valence-electron chi connectivity index (χ4n) is 1.55. The second-order valence-corrected chi connectivity index (χ2v) is 4.79. The first kappa shape index (κ1) is 15.0. The summed E-state index contributed by atoms with van der Waals surface area (Å²) in [6.45, 7) is 3.01. The van der Waals surface area contributed by atoms with Gasteiger partial charge >= 0.3 is 0 Å². The Kier molecular flexibility index (Phi) is 5.14. The fraction of sp³-hybridized carbons (Fsp3) is 0.462. The summed E-state index contributed by atoms with van der Waals surface area (Å²) >= 11 is 6.00. The second kappa shape index (κ2) is 6.18. The normalized spacial score (nSPS) is 11.4. The van der Waals surface area contributed by atoms with Crippen LogP contribution in [0.1, 0.15) is 29.3 Å². The Hall–Kier alpha value is -1.10. The number of hydrogen-bond acceptors (Lipinski definition) is 3. The summed E-state index contributed by atoms with van der Waals surface area (Å²) in [4.78, 5) is 12.1. The van der Waals surface area contributed by atoms with E-state index in [9.17, 15) is 15.0 Å². The summed E-state index contributed by atoms with van der Waals surface area (Å²) in [6, 6.07) is 5.11. The largest absolute Gasteiger partial charge is 0.394 e. The molecule has 0 saturated carbocycles. The predicted octanol–water partition coefficient (Wildman–Crippen LogP) is 1.51. The minimum absolute atomic E-state index is 0.324. The molecule has 0 aliphatic heterocycles. The quantitative estimate of drug-likeness (QED) is 0.760. The average Bonchev–Trinajstić information content (AvgIpc) is 2.36. The van der Waals surface area contributed by atoms with Gasteiger partial charge in [-0.3, -0.25) is 4.79 Å². The van der Waals surface area contributed by atoms with Gasteiger partial charge in [0.2, 0.25) is 0 Å². The zero-order valence-corrected chi connectivity index (χ0v) is 11.3. The van der Waals surface area contributed by atoms with Gasteiger partial charge in [-0.15, -0.1) is 0 Å². The number of rotatable bonds is 5. The zero-order chi connectivity index (χ0) is 13.8. The lowest BCUT2D eigenvalue weighted by molar-refractivity contribution is 0.0653. The summed E-state index contributed by atoms with van der Waals surface area (Å²) < 4.78 is 0. The Morgan fingerprint density at radius 2 is 2.00 bits per heavy atom. The molecule has 5 heteroatoms. The van der Waals surface area contributed by atoms with Crippen LogP contribution in [0, 0.1) is 6.92 Å². The molecule has 0 fully saturated rings. The van der Waals surface area contributed by atoms with E-state index in [1.165, 1.54) is 0 Å². The number of hydrogen-bond donors (Lipinski definition) is 3. The molecular formula is C13H18ClNO3. The lowest BCUT2D eigenvalue weighted by Gasteiger charge is -2.29. The van der Waals surface area contributed by atoms with E-state index in [0.29, 0.717) is 17.0 Å². The number of halogens is 1. The van der Waals surface area contributed by atoms with E-state index < -0.39 is 11.4 Å². The molecule has 1 aromatic carbocycles. The summed E-state index contributed by atoms with van der Waals surface area (Å²) in [5.74, 6) is -0.398. The molecule has 18 heavy (non-hydrogen) atoms. The van der Waals surface area contributed by atoms with Crippen molar-refractivity contribution in [3.05, 3.63) is 34.3 Å². The van der Waals surface area contributed by atoms with E-state index in [1.807, 2.05) is 6.92 Å². The van der Waals surface area contributed by atoms with Gasteiger partial charge in [0.05, 0.1) is 29.3 Å². The third-order valence-corrected chi connectivity index (χ3v) is 3.34. The molecule has 0 aromatic heterocycles. The van der Waals surface area contributed by atoms with Crippen molar-refractivity contribution in [1.82, 2.24) is 5.32 Å². The first-order chi connectivity index (χ1) is 8.48. The average molecular weight is 272 g/mol. The number of benzene rings is 1. The van der Waals surface area contributed by atoms with Gasteiger partial charge < -0.3 is 15.5 Å². The maximum absolute atomic E-state index is 12.1. The molecule has 0 atom stereocenters. The molecule has 4 nitrogen and oxygen atoms in total. The van der Waals surface area contributed by atoms with Gasteiger partial charge in [-0.1, -0.05) is 24.6 Å². The fourth-order valence-corrected chi connectivity index (χ4v) is 1.87. The number of amides is 1. The van der Waals surface area contributed by atoms with Crippen LogP contribution in [0.5, 0.6) is 0 Å². The van der Waals surface area contributed by atoms with Crippen molar-refractivity contribution in [3.63, 3.8) is 0 Å². The molecule has 1 rings (SSSR count). The summed E-state index contributed by atoms with van der Waals surface area (Å²) in [5.41, 5.74) is 0.287. The Labute approximate surface area is 112 Å². The SMILES string of the molecule is CCC(CO)(CO)NC(=O)c1ccc(C)cc1Cl. The highest BCUT2D eigenvalue weighted by Crippen LogP contribution is 2.19. The van der Waals surface area contributed by atoms with Gasteiger partial charge in [-0.2, -0.15) is 0 Å². The van der Waals surface area contributed by atoms with Crippen molar-refractivity contribution in [3.8, 4) is 0 Å². The Morgan fingerprint density at radius 3 is 2.44 bits per heavy atom. The van der Waals surface area contributed by atoms with Crippen LogP contribution in [0.4, 0.5) is 0 Å².